The Morgan fingerprint density at radius 3 is 0.973 bits per heavy atom. The van der Waals surface area contributed by atoms with Crippen LogP contribution in [0.25, 0.3) is 0 Å². The van der Waals surface area contributed by atoms with Gasteiger partial charge in [0.15, 0.2) is 0 Å². The number of hydrogen-bond acceptors (Lipinski definition) is 6. The summed E-state index contributed by atoms with van der Waals surface area (Å²) in [6, 6.07) is 49.4. The molecule has 0 amide bonds. The molecule has 2 N–H and O–H groups in total. The third-order valence-electron chi connectivity index (χ3n) is 16.1. The van der Waals surface area contributed by atoms with Crippen LogP contribution in [0.5, 0.6) is 0 Å². The first-order valence-corrected chi connectivity index (χ1v) is 27.7. The molecule has 0 aliphatic carbocycles. The average molecular weight is 1010 g/mol. The van der Waals surface area contributed by atoms with Gasteiger partial charge in [0.25, 0.3) is 0 Å². The Kier molecular flexibility index (Phi) is 16.6. The zero-order chi connectivity index (χ0) is 54.0. The van der Waals surface area contributed by atoms with E-state index in [1.807, 2.05) is 0 Å². The fraction of sp³-hybridized carbons (Fsp3) is 0.449. The minimum atomic E-state index is -0.199. The van der Waals surface area contributed by atoms with Crippen LogP contribution in [0.1, 0.15) is 186 Å². The van der Waals surface area contributed by atoms with Crippen molar-refractivity contribution in [3.63, 3.8) is 0 Å². The molecule has 2 fully saturated rings. The van der Waals surface area contributed by atoms with Crippen LogP contribution in [0, 0.1) is 13.8 Å². The number of esters is 2. The summed E-state index contributed by atoms with van der Waals surface area (Å²) in [4.78, 5) is 27.1. The molecule has 2 aliphatic heterocycles. The number of aryl methyl sites for hydroxylation is 2. The van der Waals surface area contributed by atoms with E-state index < -0.39 is 0 Å². The van der Waals surface area contributed by atoms with Gasteiger partial charge in [0.1, 0.15) is 12.2 Å². The molecule has 0 unspecified atom stereocenters. The van der Waals surface area contributed by atoms with Crippen LogP contribution in [-0.4, -0.2) is 49.3 Å². The summed E-state index contributed by atoms with van der Waals surface area (Å²) < 4.78 is 12.4. The standard InChI is InChI=1S/C69H86N2O4/c1-44-35-46(15-17-52(44)38-62(72)74-58-40-60(70-42-58)64(48-19-27-54(28-20-48)66(3,4)5)49-21-29-55(30-22-49)67(6,7)8)37-47-16-18-53(45(2)36-47)39-63(73)75-59-41-61(71-43-59)65(50-23-31-56(32-24-50)68(9,10)11)51-25-33-57(34-26-51)69(12,13)14/h15-36,58-61,64-65,70-71H,37-43H2,1-14H3/t58-,59-,60-,61-/m1/s1. The van der Waals surface area contributed by atoms with Gasteiger partial charge in [-0.25, -0.2) is 0 Å². The van der Waals surface area contributed by atoms with Crippen LogP contribution in [0.15, 0.2) is 133 Å². The minimum absolute atomic E-state index is 0.0748. The Bertz CT molecular complexity index is 2590. The van der Waals surface area contributed by atoms with Crippen LogP contribution in [0.3, 0.4) is 0 Å². The van der Waals surface area contributed by atoms with Crippen molar-refractivity contribution in [1.29, 1.82) is 0 Å². The highest BCUT2D eigenvalue weighted by molar-refractivity contribution is 5.74. The Labute approximate surface area is 450 Å². The van der Waals surface area contributed by atoms with E-state index in [1.54, 1.807) is 0 Å². The lowest BCUT2D eigenvalue weighted by Gasteiger charge is -2.27. The molecule has 0 spiro atoms. The van der Waals surface area contributed by atoms with Gasteiger partial charge in [-0.15, -0.1) is 0 Å². The molecule has 6 aromatic carbocycles. The molecule has 2 saturated heterocycles. The van der Waals surface area contributed by atoms with Crippen molar-refractivity contribution in [2.45, 2.75) is 187 Å². The summed E-state index contributed by atoms with van der Waals surface area (Å²) >= 11 is 0. The maximum Gasteiger partial charge on any atom is 0.310 e. The normalized spacial score (nSPS) is 18.5. The van der Waals surface area contributed by atoms with Crippen LogP contribution in [-0.2, 0) is 60.0 Å². The fourth-order valence-electron chi connectivity index (χ4n) is 11.4. The number of rotatable bonds is 14. The van der Waals surface area contributed by atoms with E-state index in [9.17, 15) is 9.59 Å². The lowest BCUT2D eigenvalue weighted by molar-refractivity contribution is -0.148. The number of carbonyl (C=O) groups excluding carboxylic acids is 2. The van der Waals surface area contributed by atoms with Crippen molar-refractivity contribution >= 4 is 11.9 Å². The number of carbonyl (C=O) groups is 2. The first-order chi connectivity index (χ1) is 35.3. The molecule has 4 atom stereocenters. The van der Waals surface area contributed by atoms with Crippen molar-refractivity contribution in [2.24, 2.45) is 0 Å². The molecule has 8 rings (SSSR count). The van der Waals surface area contributed by atoms with Gasteiger partial charge in [0, 0.05) is 49.9 Å². The summed E-state index contributed by atoms with van der Waals surface area (Å²) in [7, 11) is 0. The summed E-state index contributed by atoms with van der Waals surface area (Å²) in [5.41, 5.74) is 17.1. The van der Waals surface area contributed by atoms with Gasteiger partial charge in [-0.1, -0.05) is 217 Å². The molecule has 2 aliphatic rings. The van der Waals surface area contributed by atoms with Gasteiger partial charge in [-0.2, -0.15) is 0 Å². The number of hydrogen-bond donors (Lipinski definition) is 2. The zero-order valence-electron chi connectivity index (χ0n) is 47.7. The average Bonchev–Trinajstić information content (AvgIpc) is 4.00. The van der Waals surface area contributed by atoms with E-state index in [-0.39, 0.29) is 82.6 Å². The topological polar surface area (TPSA) is 76.7 Å². The van der Waals surface area contributed by atoms with E-state index in [0.717, 1.165) is 41.5 Å². The van der Waals surface area contributed by atoms with Crippen molar-refractivity contribution in [3.05, 3.63) is 211 Å². The molecule has 75 heavy (non-hydrogen) atoms. The third-order valence-corrected chi connectivity index (χ3v) is 16.1. The molecular formula is C69H86N2O4. The van der Waals surface area contributed by atoms with Crippen molar-refractivity contribution < 1.29 is 19.1 Å². The lowest BCUT2D eigenvalue weighted by Crippen LogP contribution is -2.30. The van der Waals surface area contributed by atoms with Gasteiger partial charge in [-0.05, 0) is 120 Å². The first-order valence-electron chi connectivity index (χ1n) is 27.7. The van der Waals surface area contributed by atoms with Crippen LogP contribution < -0.4 is 10.6 Å². The molecule has 6 nitrogen and oxygen atoms in total. The second-order valence-corrected chi connectivity index (χ2v) is 26.2. The Morgan fingerprint density at radius 2 is 0.720 bits per heavy atom. The smallest absolute Gasteiger partial charge is 0.310 e. The summed E-state index contributed by atoms with van der Waals surface area (Å²) in [5, 5.41) is 7.51. The summed E-state index contributed by atoms with van der Waals surface area (Å²) in [6.45, 7) is 32.4. The molecule has 0 saturated carbocycles. The maximum absolute atomic E-state index is 13.5. The second kappa shape index (κ2) is 22.4. The van der Waals surface area contributed by atoms with Gasteiger partial charge < -0.3 is 20.1 Å². The van der Waals surface area contributed by atoms with Crippen LogP contribution in [0.2, 0.25) is 0 Å². The Morgan fingerprint density at radius 1 is 0.440 bits per heavy atom. The van der Waals surface area contributed by atoms with E-state index in [2.05, 4.69) is 241 Å². The van der Waals surface area contributed by atoms with Gasteiger partial charge in [-0.3, -0.25) is 9.59 Å². The van der Waals surface area contributed by atoms with Crippen molar-refractivity contribution in [3.8, 4) is 0 Å². The van der Waals surface area contributed by atoms with E-state index in [0.29, 0.717) is 13.1 Å². The monoisotopic (exact) mass is 1010 g/mol. The highest BCUT2D eigenvalue weighted by Gasteiger charge is 2.37. The number of ether oxygens (including phenoxy) is 2. The van der Waals surface area contributed by atoms with Crippen LogP contribution in [0.4, 0.5) is 0 Å². The molecule has 0 radical (unpaired) electrons. The van der Waals surface area contributed by atoms with E-state index in [1.165, 1.54) is 55.6 Å². The predicted octanol–water partition coefficient (Wildman–Crippen LogP) is 14.4. The third kappa shape index (κ3) is 14.0. The lowest BCUT2D eigenvalue weighted by atomic mass is 9.80. The number of benzene rings is 6. The highest BCUT2D eigenvalue weighted by atomic mass is 16.5. The Balaban J connectivity index is 0.846. The molecule has 396 valence electrons. The zero-order valence-corrected chi connectivity index (χ0v) is 47.7. The number of nitrogens with one attached hydrogen (secondary N) is 2. The predicted molar refractivity (Wildman–Crippen MR) is 309 cm³/mol. The largest absolute Gasteiger partial charge is 0.461 e. The maximum atomic E-state index is 13.5. The fourth-order valence-corrected chi connectivity index (χ4v) is 11.4. The highest BCUT2D eigenvalue weighted by Crippen LogP contribution is 2.38. The van der Waals surface area contributed by atoms with Crippen molar-refractivity contribution in [1.82, 2.24) is 10.6 Å². The van der Waals surface area contributed by atoms with E-state index >= 15 is 0 Å². The van der Waals surface area contributed by atoms with Crippen LogP contribution >= 0.6 is 0 Å². The molecule has 0 aromatic heterocycles. The molecule has 2 heterocycles. The van der Waals surface area contributed by atoms with Crippen molar-refractivity contribution in [2.75, 3.05) is 13.1 Å². The molecule has 6 heteroatoms. The quantitative estimate of drug-likeness (QED) is 0.106. The molecular weight excluding hydrogens is 921 g/mol. The van der Waals surface area contributed by atoms with E-state index in [4.69, 9.17) is 9.47 Å². The first kappa shape index (κ1) is 55.4. The van der Waals surface area contributed by atoms with Gasteiger partial charge in [0.05, 0.1) is 12.8 Å². The summed E-state index contributed by atoms with van der Waals surface area (Å²) in [5.74, 6) is -0.134. The van der Waals surface area contributed by atoms with Gasteiger partial charge in [0.2, 0.25) is 0 Å². The Hall–Kier alpha value is -5.82. The molecule has 0 bridgehead atoms. The van der Waals surface area contributed by atoms with Gasteiger partial charge >= 0.3 is 11.9 Å². The molecule has 6 aromatic rings. The minimum Gasteiger partial charge on any atom is -0.461 e. The SMILES string of the molecule is Cc1cc(Cc2ccc(CC(=O)O[C@H]3CN[C@@H](C(c4ccc(C(C)(C)C)cc4)c4ccc(C(C)(C)C)cc4)C3)c(C)c2)ccc1CC(=O)O[C@H]1CN[C@@H](C(c2ccc(C(C)(C)C)cc2)c2ccc(C(C)(C)C)cc2)C1. The second-order valence-electron chi connectivity index (χ2n) is 26.2. The summed E-state index contributed by atoms with van der Waals surface area (Å²) in [6.07, 6.45) is 2.31.